The lowest BCUT2D eigenvalue weighted by Gasteiger charge is -2.07. The third-order valence-electron chi connectivity index (χ3n) is 2.45. The molecule has 1 aliphatic carbocycles. The maximum absolute atomic E-state index is 11.9. The van der Waals surface area contributed by atoms with Crippen LogP contribution in [-0.2, 0) is 0 Å². The third-order valence-corrected chi connectivity index (χ3v) is 3.43. The topological polar surface area (TPSA) is 61.7 Å². The van der Waals surface area contributed by atoms with Gasteiger partial charge in [-0.1, -0.05) is 22.8 Å². The molecule has 0 aliphatic heterocycles. The molecule has 1 fully saturated rings. The number of benzene rings is 1. The number of amides is 1. The zero-order valence-corrected chi connectivity index (χ0v) is 11.1. The maximum Gasteiger partial charge on any atom is 0.252 e. The van der Waals surface area contributed by atoms with Gasteiger partial charge in [-0.3, -0.25) is 4.79 Å². The Kier molecular flexibility index (Phi) is 3.69. The molecule has 1 aromatic carbocycles. The van der Waals surface area contributed by atoms with Gasteiger partial charge in [0.1, 0.15) is 0 Å². The molecule has 0 unspecified atom stereocenters. The minimum atomic E-state index is -0.149. The number of oxime groups is 1. The second-order valence-corrected chi connectivity index (χ2v) is 5.05. The average molecular weight is 318 g/mol. The largest absolute Gasteiger partial charge is 0.410 e. The highest BCUT2D eigenvalue weighted by atomic mass is 79.9. The second kappa shape index (κ2) is 5.06. The van der Waals surface area contributed by atoms with Crippen molar-refractivity contribution in [3.05, 3.63) is 33.8 Å². The highest BCUT2D eigenvalue weighted by Gasteiger charge is 2.24. The van der Waals surface area contributed by atoms with Crippen molar-refractivity contribution in [2.24, 2.45) is 5.16 Å². The van der Waals surface area contributed by atoms with Crippen molar-refractivity contribution in [1.29, 1.82) is 0 Å². The summed E-state index contributed by atoms with van der Waals surface area (Å²) < 4.78 is 0.682. The molecule has 0 bridgehead atoms. The number of carbonyl (C=O) groups is 1. The molecule has 1 aromatic rings. The highest BCUT2D eigenvalue weighted by molar-refractivity contribution is 9.10. The zero-order valence-electron chi connectivity index (χ0n) is 8.78. The Balaban J connectivity index is 2.27. The lowest BCUT2D eigenvalue weighted by Crippen LogP contribution is -2.25. The Morgan fingerprint density at radius 1 is 1.53 bits per heavy atom. The molecule has 0 spiro atoms. The summed E-state index contributed by atoms with van der Waals surface area (Å²) in [5, 5.41) is 14.3. The molecule has 0 radical (unpaired) electrons. The summed E-state index contributed by atoms with van der Waals surface area (Å²) in [6.07, 6.45) is 2.06. The molecule has 1 aliphatic rings. The van der Waals surface area contributed by atoms with E-state index in [1.807, 2.05) is 0 Å². The van der Waals surface area contributed by atoms with Crippen LogP contribution in [0, 0.1) is 0 Å². The van der Waals surface area contributed by atoms with Gasteiger partial charge in [0, 0.05) is 16.1 Å². The standard InChI is InChI=1S/C11H10BrClN2O2/c12-9-4-1-6(10(13)15-17)5-8(9)11(16)14-7-2-3-7/h1,4-5,7,17H,2-3H2,(H,14,16). The summed E-state index contributed by atoms with van der Waals surface area (Å²) in [6.45, 7) is 0. The fourth-order valence-corrected chi connectivity index (χ4v) is 1.92. The molecule has 6 heteroatoms. The van der Waals surface area contributed by atoms with Crippen LogP contribution in [0.1, 0.15) is 28.8 Å². The summed E-state index contributed by atoms with van der Waals surface area (Å²) >= 11 is 9.00. The SMILES string of the molecule is O=C(NC1CC1)c1cc(C(Cl)=NO)ccc1Br. The molecule has 1 saturated carbocycles. The van der Waals surface area contributed by atoms with Crippen LogP contribution in [0.25, 0.3) is 0 Å². The van der Waals surface area contributed by atoms with Gasteiger partial charge in [0.25, 0.3) is 5.91 Å². The quantitative estimate of drug-likeness (QED) is 0.511. The van der Waals surface area contributed by atoms with Gasteiger partial charge >= 0.3 is 0 Å². The fourth-order valence-electron chi connectivity index (χ4n) is 1.38. The third kappa shape index (κ3) is 2.98. The predicted molar refractivity (Wildman–Crippen MR) is 68.8 cm³/mol. The Morgan fingerprint density at radius 2 is 2.24 bits per heavy atom. The Labute approximate surface area is 112 Å². The van der Waals surface area contributed by atoms with Crippen LogP contribution in [0.2, 0.25) is 0 Å². The van der Waals surface area contributed by atoms with E-state index < -0.39 is 0 Å². The minimum absolute atomic E-state index is 0.0435. The number of rotatable bonds is 3. The van der Waals surface area contributed by atoms with Crippen molar-refractivity contribution >= 4 is 38.6 Å². The smallest absolute Gasteiger partial charge is 0.252 e. The van der Waals surface area contributed by atoms with E-state index in [0.717, 1.165) is 12.8 Å². The number of carbonyl (C=O) groups excluding carboxylic acids is 1. The van der Waals surface area contributed by atoms with Crippen LogP contribution in [0.4, 0.5) is 0 Å². The summed E-state index contributed by atoms with van der Waals surface area (Å²) in [7, 11) is 0. The van der Waals surface area contributed by atoms with E-state index in [4.69, 9.17) is 16.8 Å². The molecule has 0 heterocycles. The lowest BCUT2D eigenvalue weighted by molar-refractivity contribution is 0.0950. The molecule has 2 rings (SSSR count). The number of hydrogen-bond acceptors (Lipinski definition) is 3. The van der Waals surface area contributed by atoms with E-state index in [0.29, 0.717) is 21.6 Å². The molecular formula is C11H10BrClN2O2. The molecule has 17 heavy (non-hydrogen) atoms. The minimum Gasteiger partial charge on any atom is -0.410 e. The van der Waals surface area contributed by atoms with Gasteiger partial charge < -0.3 is 10.5 Å². The van der Waals surface area contributed by atoms with Crippen LogP contribution in [0.3, 0.4) is 0 Å². The van der Waals surface area contributed by atoms with Crippen molar-refractivity contribution in [3.8, 4) is 0 Å². The van der Waals surface area contributed by atoms with E-state index in [-0.39, 0.29) is 11.1 Å². The van der Waals surface area contributed by atoms with Gasteiger partial charge in [-0.25, -0.2) is 0 Å². The molecule has 2 N–H and O–H groups in total. The van der Waals surface area contributed by atoms with Crippen molar-refractivity contribution in [1.82, 2.24) is 5.32 Å². The van der Waals surface area contributed by atoms with Crippen LogP contribution >= 0.6 is 27.5 Å². The predicted octanol–water partition coefficient (Wildman–Crippen LogP) is 2.72. The fraction of sp³-hybridized carbons (Fsp3) is 0.273. The van der Waals surface area contributed by atoms with Gasteiger partial charge in [-0.2, -0.15) is 0 Å². The van der Waals surface area contributed by atoms with E-state index in [1.165, 1.54) is 0 Å². The summed E-state index contributed by atoms with van der Waals surface area (Å²) in [5.74, 6) is -0.149. The highest BCUT2D eigenvalue weighted by Crippen LogP contribution is 2.23. The van der Waals surface area contributed by atoms with Crippen molar-refractivity contribution in [3.63, 3.8) is 0 Å². The first-order valence-corrected chi connectivity index (χ1v) is 6.27. The summed E-state index contributed by atoms with van der Waals surface area (Å²) in [5.41, 5.74) is 0.981. The van der Waals surface area contributed by atoms with Crippen molar-refractivity contribution < 1.29 is 10.0 Å². The molecular weight excluding hydrogens is 307 g/mol. The van der Waals surface area contributed by atoms with Crippen LogP contribution in [0.15, 0.2) is 27.8 Å². The van der Waals surface area contributed by atoms with E-state index in [9.17, 15) is 4.79 Å². The maximum atomic E-state index is 11.9. The van der Waals surface area contributed by atoms with Gasteiger partial charge in [0.05, 0.1) is 5.56 Å². The molecule has 0 saturated heterocycles. The van der Waals surface area contributed by atoms with Gasteiger partial charge in [-0.05, 0) is 40.9 Å². The lowest BCUT2D eigenvalue weighted by atomic mass is 10.1. The first-order valence-electron chi connectivity index (χ1n) is 5.10. The molecule has 4 nitrogen and oxygen atoms in total. The van der Waals surface area contributed by atoms with Crippen molar-refractivity contribution in [2.45, 2.75) is 18.9 Å². The Hall–Kier alpha value is -1.07. The van der Waals surface area contributed by atoms with Gasteiger partial charge in [0.15, 0.2) is 5.17 Å². The Bertz CT molecular complexity index is 486. The van der Waals surface area contributed by atoms with Crippen LogP contribution < -0.4 is 5.32 Å². The Morgan fingerprint density at radius 3 is 2.82 bits per heavy atom. The number of nitrogens with zero attached hydrogens (tertiary/aromatic N) is 1. The zero-order chi connectivity index (χ0) is 12.4. The van der Waals surface area contributed by atoms with Gasteiger partial charge in [-0.15, -0.1) is 0 Å². The van der Waals surface area contributed by atoms with Crippen molar-refractivity contribution in [2.75, 3.05) is 0 Å². The summed E-state index contributed by atoms with van der Waals surface area (Å²) in [4.78, 5) is 11.9. The average Bonchev–Trinajstić information content (AvgIpc) is 3.12. The number of halogens is 2. The summed E-state index contributed by atoms with van der Waals surface area (Å²) in [6, 6.07) is 5.24. The first kappa shape index (κ1) is 12.4. The first-order chi connectivity index (χ1) is 8.11. The van der Waals surface area contributed by atoms with E-state index >= 15 is 0 Å². The molecule has 1 amide bonds. The van der Waals surface area contributed by atoms with Gasteiger partial charge in [0.2, 0.25) is 0 Å². The second-order valence-electron chi connectivity index (χ2n) is 3.83. The van der Waals surface area contributed by atoms with E-state index in [1.54, 1.807) is 18.2 Å². The van der Waals surface area contributed by atoms with E-state index in [2.05, 4.69) is 26.4 Å². The molecule has 0 aromatic heterocycles. The monoisotopic (exact) mass is 316 g/mol. The number of nitrogens with one attached hydrogen (secondary N) is 1. The molecule has 90 valence electrons. The molecule has 0 atom stereocenters. The van der Waals surface area contributed by atoms with Crippen LogP contribution in [-0.4, -0.2) is 22.3 Å². The number of hydrogen-bond donors (Lipinski definition) is 2. The van der Waals surface area contributed by atoms with Crippen LogP contribution in [0.5, 0.6) is 0 Å². The normalized spacial score (nSPS) is 15.8.